The second kappa shape index (κ2) is 25.0. The number of sulfonamides is 1. The maximum atomic E-state index is 13.1. The molecular weight excluding hydrogens is 670 g/mol. The molecule has 0 heterocycles. The molecular formula is C45H88FNO4S. The van der Waals surface area contributed by atoms with E-state index < -0.39 is 10.0 Å². The van der Waals surface area contributed by atoms with Crippen molar-refractivity contribution in [1.29, 1.82) is 0 Å². The van der Waals surface area contributed by atoms with E-state index in [9.17, 15) is 12.8 Å². The Labute approximate surface area is 325 Å². The summed E-state index contributed by atoms with van der Waals surface area (Å²) in [4.78, 5) is 0. The van der Waals surface area contributed by atoms with Gasteiger partial charge in [0.25, 0.3) is 0 Å². The standard InChI is InChI=1S/C12H17F.C12H24O2.C8H18.C6H13NO2S.C5H10.C2H6/c1-8(2)10-5-11(9(3)4)7-12(13)6-10;1-10(2)13-8-12(6-7-12)9-14-11(3,4)5;1-7(2,3)8(4,5)6;1-5(2)7-10(8,9)6-3-4-6;1-4-5(2)3;1-2/h5-9H,1-4H3;10H,6-9H2,1-5H3;1-6H3;5-7H,3-4H2,1-2H3;4-5H,1H2,2-3H3;1-2H3. The number of halogens is 1. The maximum absolute atomic E-state index is 13.1. The highest BCUT2D eigenvalue weighted by molar-refractivity contribution is 7.90. The van der Waals surface area contributed by atoms with Gasteiger partial charge < -0.3 is 9.47 Å². The third-order valence-electron chi connectivity index (χ3n) is 8.85. The van der Waals surface area contributed by atoms with E-state index in [0.717, 1.165) is 37.2 Å². The number of rotatable bonds is 11. The van der Waals surface area contributed by atoms with Crippen LogP contribution in [0, 0.1) is 28.0 Å². The van der Waals surface area contributed by atoms with Crippen molar-refractivity contribution in [3.8, 4) is 0 Å². The SMILES string of the molecule is C=CC(C)C.CC.CC(C)(C)C(C)(C)C.CC(C)NS(=O)(=O)C1CC1.CC(C)OCC1(COC(C)(C)C)CC1.CC(C)c1cc(F)cc(C(C)C)c1. The fourth-order valence-electron chi connectivity index (χ4n) is 3.33. The van der Waals surface area contributed by atoms with Gasteiger partial charge >= 0.3 is 0 Å². The summed E-state index contributed by atoms with van der Waals surface area (Å²) >= 11 is 0. The van der Waals surface area contributed by atoms with Gasteiger partial charge in [0.1, 0.15) is 5.82 Å². The number of nitrogens with one attached hydrogen (secondary N) is 1. The van der Waals surface area contributed by atoms with E-state index in [0.29, 0.717) is 40.1 Å². The monoisotopic (exact) mass is 758 g/mol. The molecule has 0 saturated heterocycles. The highest BCUT2D eigenvalue weighted by Gasteiger charge is 2.44. The second-order valence-electron chi connectivity index (χ2n) is 18.9. The van der Waals surface area contributed by atoms with Crippen molar-refractivity contribution in [3.63, 3.8) is 0 Å². The Morgan fingerprint density at radius 2 is 1.17 bits per heavy atom. The van der Waals surface area contributed by atoms with Gasteiger partial charge in [0.2, 0.25) is 10.0 Å². The molecule has 1 N–H and O–H groups in total. The van der Waals surface area contributed by atoms with Gasteiger partial charge in [-0.25, -0.2) is 17.5 Å². The number of hydrogen-bond acceptors (Lipinski definition) is 4. The molecule has 5 nitrogen and oxygen atoms in total. The lowest BCUT2D eigenvalue weighted by atomic mass is 9.71. The average Bonchev–Trinajstić information content (AvgIpc) is 3.90. The van der Waals surface area contributed by atoms with Gasteiger partial charge in [-0.1, -0.05) is 109 Å². The van der Waals surface area contributed by atoms with Crippen LogP contribution in [0.25, 0.3) is 0 Å². The lowest BCUT2D eigenvalue weighted by molar-refractivity contribution is -0.0541. The minimum Gasteiger partial charge on any atom is -0.378 e. The van der Waals surface area contributed by atoms with E-state index >= 15 is 0 Å². The molecule has 0 amide bonds. The molecule has 0 atom stereocenters. The third-order valence-corrected chi connectivity index (χ3v) is 11.0. The predicted molar refractivity (Wildman–Crippen MR) is 229 cm³/mol. The van der Waals surface area contributed by atoms with Crippen molar-refractivity contribution in [2.24, 2.45) is 22.2 Å². The van der Waals surface area contributed by atoms with Crippen molar-refractivity contribution in [1.82, 2.24) is 4.72 Å². The fraction of sp³-hybridized carbons (Fsp3) is 0.822. The van der Waals surface area contributed by atoms with E-state index in [1.54, 1.807) is 12.1 Å². The van der Waals surface area contributed by atoms with Crippen LogP contribution < -0.4 is 4.72 Å². The average molecular weight is 758 g/mol. The van der Waals surface area contributed by atoms with E-state index in [2.05, 4.69) is 135 Å². The van der Waals surface area contributed by atoms with Crippen molar-refractivity contribution >= 4 is 10.0 Å². The Morgan fingerprint density at radius 1 is 0.788 bits per heavy atom. The number of allylic oxidation sites excluding steroid dienone is 1. The molecule has 0 bridgehead atoms. The molecule has 2 saturated carbocycles. The minimum absolute atomic E-state index is 0.0204. The summed E-state index contributed by atoms with van der Waals surface area (Å²) in [5.41, 5.74) is 3.37. The third kappa shape index (κ3) is 29.1. The van der Waals surface area contributed by atoms with E-state index in [1.165, 1.54) is 12.8 Å². The highest BCUT2D eigenvalue weighted by Crippen LogP contribution is 2.47. The number of benzene rings is 1. The molecule has 0 spiro atoms. The first-order valence-electron chi connectivity index (χ1n) is 20.1. The fourth-order valence-corrected chi connectivity index (χ4v) is 4.93. The smallest absolute Gasteiger partial charge is 0.214 e. The Kier molecular flexibility index (Phi) is 26.5. The van der Waals surface area contributed by atoms with Crippen LogP contribution in [0.4, 0.5) is 4.39 Å². The molecule has 0 radical (unpaired) electrons. The molecule has 0 unspecified atom stereocenters. The van der Waals surface area contributed by atoms with Crippen LogP contribution >= 0.6 is 0 Å². The van der Waals surface area contributed by atoms with Gasteiger partial charge in [-0.05, 0) is 126 Å². The zero-order chi connectivity index (χ0) is 41.9. The molecule has 0 aliphatic heterocycles. The molecule has 52 heavy (non-hydrogen) atoms. The van der Waals surface area contributed by atoms with Crippen molar-refractivity contribution in [2.45, 2.75) is 206 Å². The molecule has 2 fully saturated rings. The van der Waals surface area contributed by atoms with Crippen LogP contribution in [0.1, 0.15) is 194 Å². The number of ether oxygens (including phenoxy) is 2. The molecule has 310 valence electrons. The summed E-state index contributed by atoms with van der Waals surface area (Å²) in [7, 11) is -2.94. The van der Waals surface area contributed by atoms with Crippen LogP contribution in [0.5, 0.6) is 0 Å². The van der Waals surface area contributed by atoms with Crippen molar-refractivity contribution in [2.75, 3.05) is 13.2 Å². The summed E-state index contributed by atoms with van der Waals surface area (Å²) in [6, 6.07) is 5.37. The van der Waals surface area contributed by atoms with Gasteiger partial charge in [-0.2, -0.15) is 0 Å². The first-order valence-corrected chi connectivity index (χ1v) is 21.6. The van der Waals surface area contributed by atoms with Gasteiger partial charge in [-0.15, -0.1) is 6.58 Å². The summed E-state index contributed by atoms with van der Waals surface area (Å²) in [5, 5.41) is -0.0881. The lowest BCUT2D eigenvalue weighted by Gasteiger charge is -2.34. The Morgan fingerprint density at radius 3 is 1.40 bits per heavy atom. The topological polar surface area (TPSA) is 64.6 Å². The largest absolute Gasteiger partial charge is 0.378 e. The van der Waals surface area contributed by atoms with Gasteiger partial charge in [0.15, 0.2) is 0 Å². The Bertz CT molecular complexity index is 1140. The van der Waals surface area contributed by atoms with Gasteiger partial charge in [0.05, 0.1) is 30.2 Å². The maximum Gasteiger partial charge on any atom is 0.214 e. The van der Waals surface area contributed by atoms with Crippen molar-refractivity contribution < 1.29 is 22.3 Å². The summed E-state index contributed by atoms with van der Waals surface area (Å²) in [6.45, 7) is 49.6. The predicted octanol–water partition coefficient (Wildman–Crippen LogP) is 13.5. The highest BCUT2D eigenvalue weighted by atomic mass is 32.2. The molecule has 2 aliphatic rings. The molecule has 7 heteroatoms. The molecule has 3 rings (SSSR count). The van der Waals surface area contributed by atoms with Gasteiger partial charge in [0, 0.05) is 11.5 Å². The Balaban J connectivity index is -0.000000590. The van der Waals surface area contributed by atoms with Crippen LogP contribution in [0.15, 0.2) is 30.9 Å². The second-order valence-corrected chi connectivity index (χ2v) is 20.9. The lowest BCUT2D eigenvalue weighted by Crippen LogP contribution is -2.32. The first-order chi connectivity index (χ1) is 23.4. The zero-order valence-electron chi connectivity index (χ0n) is 38.1. The summed E-state index contributed by atoms with van der Waals surface area (Å²) in [6.07, 6.45) is 6.44. The first kappa shape index (κ1) is 55.1. The van der Waals surface area contributed by atoms with E-state index in [1.807, 2.05) is 33.8 Å². The zero-order valence-corrected chi connectivity index (χ0v) is 39.0. The molecule has 1 aromatic rings. The van der Waals surface area contributed by atoms with Crippen LogP contribution in [0.2, 0.25) is 0 Å². The molecule has 1 aromatic carbocycles. The van der Waals surface area contributed by atoms with Crippen LogP contribution in [-0.2, 0) is 19.5 Å². The minimum atomic E-state index is -2.94. The van der Waals surface area contributed by atoms with Gasteiger partial charge in [-0.3, -0.25) is 0 Å². The summed E-state index contributed by atoms with van der Waals surface area (Å²) in [5.74, 6) is 1.33. The van der Waals surface area contributed by atoms with Crippen molar-refractivity contribution in [3.05, 3.63) is 47.8 Å². The normalized spacial score (nSPS) is 15.2. The molecule has 0 aromatic heterocycles. The van der Waals surface area contributed by atoms with Crippen LogP contribution in [0.3, 0.4) is 0 Å². The van der Waals surface area contributed by atoms with Crippen LogP contribution in [-0.4, -0.2) is 44.6 Å². The Hall–Kier alpha value is -1.28. The van der Waals surface area contributed by atoms with E-state index in [-0.39, 0.29) is 22.7 Å². The molecule has 2 aliphatic carbocycles. The number of hydrogen-bond donors (Lipinski definition) is 1. The summed E-state index contributed by atoms with van der Waals surface area (Å²) < 4.78 is 49.3. The quantitative estimate of drug-likeness (QED) is 0.228. The van der Waals surface area contributed by atoms with E-state index in [4.69, 9.17) is 9.47 Å².